The van der Waals surface area contributed by atoms with Gasteiger partial charge in [0.1, 0.15) is 18.0 Å². The van der Waals surface area contributed by atoms with Crippen LogP contribution in [0.4, 0.5) is 0 Å². The number of benzene rings is 1. The van der Waals surface area contributed by atoms with Gasteiger partial charge in [-0.2, -0.15) is 0 Å². The van der Waals surface area contributed by atoms with Crippen molar-refractivity contribution in [1.82, 2.24) is 18.8 Å². The Morgan fingerprint density at radius 3 is 2.63 bits per heavy atom. The van der Waals surface area contributed by atoms with Crippen molar-refractivity contribution in [3.05, 3.63) is 47.9 Å². The summed E-state index contributed by atoms with van der Waals surface area (Å²) in [7, 11) is -0.620. The summed E-state index contributed by atoms with van der Waals surface area (Å²) < 4.78 is 38.6. The second-order valence-corrected chi connectivity index (χ2v) is 8.73. The van der Waals surface area contributed by atoms with Gasteiger partial charge >= 0.3 is 5.97 Å². The molecule has 0 atom stereocenters. The van der Waals surface area contributed by atoms with E-state index in [9.17, 15) is 13.2 Å². The van der Waals surface area contributed by atoms with Crippen molar-refractivity contribution >= 4 is 27.0 Å². The van der Waals surface area contributed by atoms with Crippen molar-refractivity contribution in [2.24, 2.45) is 0 Å². The molecule has 0 spiro atoms. The Labute approximate surface area is 175 Å². The van der Waals surface area contributed by atoms with E-state index in [0.717, 1.165) is 9.82 Å². The maximum atomic E-state index is 12.5. The average molecular weight is 433 g/mol. The molecule has 0 N–H and O–H groups in total. The third-order valence-corrected chi connectivity index (χ3v) is 6.31. The lowest BCUT2D eigenvalue weighted by atomic mass is 10.3. The predicted molar refractivity (Wildman–Crippen MR) is 111 cm³/mol. The van der Waals surface area contributed by atoms with Crippen LogP contribution in [-0.2, 0) is 27.9 Å². The number of aryl methyl sites for hydroxylation is 1. The summed E-state index contributed by atoms with van der Waals surface area (Å²) in [6, 6.07) is 8.00. The lowest BCUT2D eigenvalue weighted by Gasteiger charge is -2.11. The fraction of sp³-hybridized carbons (Fsp3) is 0.350. The summed E-state index contributed by atoms with van der Waals surface area (Å²) >= 11 is 0. The average Bonchev–Trinajstić information content (AvgIpc) is 3.09. The van der Waals surface area contributed by atoms with E-state index in [1.165, 1.54) is 26.4 Å². The van der Waals surface area contributed by atoms with Gasteiger partial charge in [-0.3, -0.25) is 0 Å². The monoisotopic (exact) mass is 432 g/mol. The summed E-state index contributed by atoms with van der Waals surface area (Å²) in [5.41, 5.74) is 1.51. The first-order chi connectivity index (χ1) is 14.3. The summed E-state index contributed by atoms with van der Waals surface area (Å²) in [5, 5.41) is 0. The van der Waals surface area contributed by atoms with Crippen molar-refractivity contribution in [3.8, 4) is 5.88 Å². The number of carbonyl (C=O) groups excluding carboxylic acids is 1. The van der Waals surface area contributed by atoms with Crippen LogP contribution in [0.2, 0.25) is 0 Å². The number of hydrogen-bond donors (Lipinski definition) is 0. The number of imidazole rings is 1. The van der Waals surface area contributed by atoms with Gasteiger partial charge in [0, 0.05) is 26.8 Å². The quantitative estimate of drug-likeness (QED) is 0.504. The van der Waals surface area contributed by atoms with Crippen molar-refractivity contribution in [2.75, 3.05) is 20.7 Å². The minimum atomic E-state index is -3.57. The molecule has 1 aromatic carbocycles. The molecule has 3 rings (SSSR count). The SMILES string of the molecule is CCOc1ncccc1C(=O)OCc1nc2cc(S(=O)(=O)N(C)C)ccc2n1CC. The molecule has 0 saturated heterocycles. The highest BCUT2D eigenvalue weighted by atomic mass is 32.2. The van der Waals surface area contributed by atoms with E-state index in [-0.39, 0.29) is 22.9 Å². The number of ether oxygens (including phenoxy) is 2. The van der Waals surface area contributed by atoms with Gasteiger partial charge in [-0.15, -0.1) is 0 Å². The molecule has 0 aliphatic rings. The van der Waals surface area contributed by atoms with Crippen molar-refractivity contribution in [3.63, 3.8) is 0 Å². The molecule has 0 aliphatic heterocycles. The first kappa shape index (κ1) is 21.7. The molecule has 9 nitrogen and oxygen atoms in total. The van der Waals surface area contributed by atoms with E-state index < -0.39 is 16.0 Å². The second-order valence-electron chi connectivity index (χ2n) is 6.58. The van der Waals surface area contributed by atoms with Gasteiger partial charge in [0.05, 0.1) is 22.5 Å². The van der Waals surface area contributed by atoms with E-state index in [1.807, 2.05) is 11.5 Å². The summed E-state index contributed by atoms with van der Waals surface area (Å²) in [4.78, 5) is 21.2. The van der Waals surface area contributed by atoms with Crippen LogP contribution in [0.25, 0.3) is 11.0 Å². The highest BCUT2D eigenvalue weighted by Crippen LogP contribution is 2.23. The van der Waals surface area contributed by atoms with Gasteiger partial charge in [-0.25, -0.2) is 27.5 Å². The smallest absolute Gasteiger partial charge is 0.344 e. The molecule has 0 saturated carbocycles. The molecule has 0 bridgehead atoms. The Bertz CT molecular complexity index is 1170. The van der Waals surface area contributed by atoms with Crippen LogP contribution in [-0.4, -0.2) is 53.9 Å². The molecule has 2 heterocycles. The number of esters is 1. The first-order valence-electron chi connectivity index (χ1n) is 9.46. The minimum Gasteiger partial charge on any atom is -0.477 e. The van der Waals surface area contributed by atoms with Crippen LogP contribution in [0.1, 0.15) is 30.0 Å². The number of hydrogen-bond acceptors (Lipinski definition) is 7. The van der Waals surface area contributed by atoms with Crippen LogP contribution in [0, 0.1) is 0 Å². The highest BCUT2D eigenvalue weighted by molar-refractivity contribution is 7.89. The fourth-order valence-electron chi connectivity index (χ4n) is 3.00. The number of rotatable bonds is 8. The molecule has 0 unspecified atom stereocenters. The van der Waals surface area contributed by atoms with Gasteiger partial charge in [-0.05, 0) is 44.2 Å². The summed E-state index contributed by atoms with van der Waals surface area (Å²) in [6.45, 7) is 4.63. The Morgan fingerprint density at radius 1 is 1.20 bits per heavy atom. The molecule has 10 heteroatoms. The van der Waals surface area contributed by atoms with Gasteiger partial charge in [0.2, 0.25) is 15.9 Å². The third-order valence-electron chi connectivity index (χ3n) is 4.50. The fourth-order valence-corrected chi connectivity index (χ4v) is 3.92. The van der Waals surface area contributed by atoms with E-state index in [2.05, 4.69) is 9.97 Å². The first-order valence-corrected chi connectivity index (χ1v) is 10.9. The van der Waals surface area contributed by atoms with Gasteiger partial charge in [0.15, 0.2) is 0 Å². The zero-order chi connectivity index (χ0) is 21.9. The highest BCUT2D eigenvalue weighted by Gasteiger charge is 2.21. The zero-order valence-electron chi connectivity index (χ0n) is 17.3. The molecule has 0 amide bonds. The van der Waals surface area contributed by atoms with Gasteiger partial charge < -0.3 is 14.0 Å². The number of fused-ring (bicyclic) bond motifs is 1. The van der Waals surface area contributed by atoms with E-state index in [0.29, 0.717) is 24.5 Å². The van der Waals surface area contributed by atoms with Gasteiger partial charge in [0.25, 0.3) is 0 Å². The topological polar surface area (TPSA) is 104 Å². The molecule has 30 heavy (non-hydrogen) atoms. The largest absolute Gasteiger partial charge is 0.477 e. The number of sulfonamides is 1. The number of nitrogens with zero attached hydrogens (tertiary/aromatic N) is 4. The third kappa shape index (κ3) is 4.14. The summed E-state index contributed by atoms with van der Waals surface area (Å²) in [6.07, 6.45) is 1.54. The van der Waals surface area contributed by atoms with Crippen molar-refractivity contribution < 1.29 is 22.7 Å². The lowest BCUT2D eigenvalue weighted by molar-refractivity contribution is 0.0453. The normalized spacial score (nSPS) is 11.8. The van der Waals surface area contributed by atoms with Crippen LogP contribution in [0.15, 0.2) is 41.4 Å². The van der Waals surface area contributed by atoms with Crippen molar-refractivity contribution in [2.45, 2.75) is 31.9 Å². The van der Waals surface area contributed by atoms with Crippen LogP contribution in [0.3, 0.4) is 0 Å². The van der Waals surface area contributed by atoms with E-state index in [1.54, 1.807) is 31.2 Å². The zero-order valence-corrected chi connectivity index (χ0v) is 18.1. The van der Waals surface area contributed by atoms with Crippen LogP contribution >= 0.6 is 0 Å². The molecular formula is C20H24N4O5S. The van der Waals surface area contributed by atoms with E-state index in [4.69, 9.17) is 9.47 Å². The Balaban J connectivity index is 1.88. The number of pyridine rings is 1. The Hall–Kier alpha value is -2.98. The van der Waals surface area contributed by atoms with Gasteiger partial charge in [-0.1, -0.05) is 0 Å². The molecular weight excluding hydrogens is 408 g/mol. The number of carbonyl (C=O) groups is 1. The predicted octanol–water partition coefficient (Wildman–Crippen LogP) is 2.46. The molecule has 160 valence electrons. The van der Waals surface area contributed by atoms with Crippen molar-refractivity contribution in [1.29, 1.82) is 0 Å². The lowest BCUT2D eigenvalue weighted by Crippen LogP contribution is -2.22. The van der Waals surface area contributed by atoms with E-state index >= 15 is 0 Å². The molecule has 2 aromatic heterocycles. The molecule has 0 radical (unpaired) electrons. The maximum Gasteiger partial charge on any atom is 0.344 e. The maximum absolute atomic E-state index is 12.5. The molecule has 0 aliphatic carbocycles. The van der Waals surface area contributed by atoms with Crippen LogP contribution in [0.5, 0.6) is 5.88 Å². The van der Waals surface area contributed by atoms with Crippen LogP contribution < -0.4 is 4.74 Å². The minimum absolute atomic E-state index is 0.0718. The second kappa shape index (κ2) is 8.80. The summed E-state index contributed by atoms with van der Waals surface area (Å²) in [5.74, 6) is 0.159. The Morgan fingerprint density at radius 2 is 1.97 bits per heavy atom. The molecule has 3 aromatic rings. The number of aromatic nitrogens is 3. The Kier molecular flexibility index (Phi) is 6.37. The molecule has 0 fully saturated rings. The standard InChI is InChI=1S/C20H24N4O5S/c1-5-24-17-10-9-14(30(26,27)23(3)4)12-16(17)22-18(24)13-29-20(25)15-8-7-11-21-19(15)28-6-2/h7-12H,5-6,13H2,1-4H3.